The molecule has 1 fully saturated rings. The van der Waals surface area contributed by atoms with E-state index < -0.39 is 0 Å². The van der Waals surface area contributed by atoms with Gasteiger partial charge in [0.2, 0.25) is 11.7 Å². The number of unbranched alkanes of at least 4 members (excludes halogenated alkanes) is 1. The topological polar surface area (TPSA) is 79.2 Å². The van der Waals surface area contributed by atoms with E-state index in [1.807, 2.05) is 30.3 Å². The maximum Gasteiger partial charge on any atom is 0.220 e. The fourth-order valence-corrected chi connectivity index (χ4v) is 4.21. The number of rotatable bonds is 12. The minimum absolute atomic E-state index is 0.0953. The second-order valence-corrected chi connectivity index (χ2v) is 8.84. The van der Waals surface area contributed by atoms with Gasteiger partial charge in [0.25, 0.3) is 0 Å². The van der Waals surface area contributed by atoms with E-state index in [1.165, 1.54) is 5.56 Å². The maximum atomic E-state index is 12.1. The first-order valence-electron chi connectivity index (χ1n) is 12.3. The molecule has 0 unspecified atom stereocenters. The summed E-state index contributed by atoms with van der Waals surface area (Å²) in [6.45, 7) is 7.98. The van der Waals surface area contributed by atoms with Crippen molar-refractivity contribution >= 4 is 5.91 Å². The summed E-state index contributed by atoms with van der Waals surface area (Å²) in [5, 5.41) is 15.6. The minimum Gasteiger partial charge on any atom is -0.356 e. The molecule has 1 saturated heterocycles. The molecule has 1 N–H and O–H groups in total. The monoisotopic (exact) mass is 461 g/mol. The molecule has 0 aliphatic carbocycles. The van der Waals surface area contributed by atoms with E-state index in [4.69, 9.17) is 0 Å². The van der Waals surface area contributed by atoms with Crippen LogP contribution in [0.15, 0.2) is 60.7 Å². The van der Waals surface area contributed by atoms with Gasteiger partial charge in [0.1, 0.15) is 0 Å². The van der Waals surface area contributed by atoms with Crippen LogP contribution in [0, 0.1) is 0 Å². The van der Waals surface area contributed by atoms with Gasteiger partial charge in [-0.1, -0.05) is 60.7 Å². The van der Waals surface area contributed by atoms with E-state index in [9.17, 15) is 4.79 Å². The van der Waals surface area contributed by atoms with Crippen LogP contribution in [0.25, 0.3) is 11.4 Å². The summed E-state index contributed by atoms with van der Waals surface area (Å²) in [6, 6.07) is 20.5. The van der Waals surface area contributed by atoms with Crippen LogP contribution in [0.4, 0.5) is 0 Å². The molecule has 0 radical (unpaired) electrons. The Morgan fingerprint density at radius 3 is 2.29 bits per heavy atom. The third-order valence-electron chi connectivity index (χ3n) is 6.18. The second kappa shape index (κ2) is 13.0. The van der Waals surface area contributed by atoms with E-state index in [1.54, 1.807) is 4.80 Å². The smallest absolute Gasteiger partial charge is 0.220 e. The largest absolute Gasteiger partial charge is 0.356 e. The molecule has 180 valence electrons. The van der Waals surface area contributed by atoms with E-state index in [-0.39, 0.29) is 5.91 Å². The molecular formula is C26H35N7O. The number of hydrogen-bond donors (Lipinski definition) is 1. The number of nitrogens with one attached hydrogen (secondary N) is 1. The standard InChI is InChI=1S/C26H35N7O/c34-25(14-9-17-33-29-26(28-30-33)24-12-5-2-6-13-24)27-15-7-8-16-31-18-20-32(21-19-31)22-23-10-3-1-4-11-23/h1-6,10-13H,7-9,14-22H2,(H,27,34). The molecule has 0 spiro atoms. The highest BCUT2D eigenvalue weighted by Crippen LogP contribution is 2.12. The number of amides is 1. The van der Waals surface area contributed by atoms with Crippen molar-refractivity contribution in [3.05, 3.63) is 66.2 Å². The van der Waals surface area contributed by atoms with Gasteiger partial charge in [0.05, 0.1) is 6.54 Å². The van der Waals surface area contributed by atoms with Gasteiger partial charge >= 0.3 is 0 Å². The first-order valence-corrected chi connectivity index (χ1v) is 12.3. The van der Waals surface area contributed by atoms with Crippen molar-refractivity contribution in [2.45, 2.75) is 38.8 Å². The van der Waals surface area contributed by atoms with Crippen LogP contribution in [0.2, 0.25) is 0 Å². The summed E-state index contributed by atoms with van der Waals surface area (Å²) < 4.78 is 0. The molecule has 1 aliphatic heterocycles. The number of carbonyl (C=O) groups excluding carboxylic acids is 1. The maximum absolute atomic E-state index is 12.1. The number of piperazine rings is 1. The Hall–Kier alpha value is -3.10. The Morgan fingerprint density at radius 2 is 1.53 bits per heavy atom. The Morgan fingerprint density at radius 1 is 0.824 bits per heavy atom. The molecule has 1 amide bonds. The molecule has 34 heavy (non-hydrogen) atoms. The normalized spacial score (nSPS) is 14.8. The Kier molecular flexibility index (Phi) is 9.16. The van der Waals surface area contributed by atoms with Crippen molar-refractivity contribution in [1.82, 2.24) is 35.3 Å². The Bertz CT molecular complexity index is 985. The van der Waals surface area contributed by atoms with Gasteiger partial charge in [-0.2, -0.15) is 4.80 Å². The fourth-order valence-electron chi connectivity index (χ4n) is 4.21. The third-order valence-corrected chi connectivity index (χ3v) is 6.18. The first kappa shape index (κ1) is 24.0. The van der Waals surface area contributed by atoms with Crippen molar-refractivity contribution in [3.63, 3.8) is 0 Å². The fraction of sp³-hybridized carbons (Fsp3) is 0.462. The van der Waals surface area contributed by atoms with E-state index >= 15 is 0 Å². The predicted octanol–water partition coefficient (Wildman–Crippen LogP) is 2.83. The number of tetrazole rings is 1. The Labute approximate surface area is 201 Å². The molecule has 3 aromatic rings. The zero-order chi connectivity index (χ0) is 23.4. The van der Waals surface area contributed by atoms with Crippen LogP contribution < -0.4 is 5.32 Å². The molecule has 8 heteroatoms. The van der Waals surface area contributed by atoms with Crippen molar-refractivity contribution in [1.29, 1.82) is 0 Å². The number of aromatic nitrogens is 4. The van der Waals surface area contributed by atoms with Gasteiger partial charge in [-0.3, -0.25) is 9.69 Å². The number of benzene rings is 2. The number of carbonyl (C=O) groups is 1. The SMILES string of the molecule is O=C(CCCn1nnc(-c2ccccc2)n1)NCCCCN1CCN(Cc2ccccc2)CC1. The van der Waals surface area contributed by atoms with Crippen LogP contribution in [0.5, 0.6) is 0 Å². The average molecular weight is 462 g/mol. The molecule has 1 aliphatic rings. The number of aryl methyl sites for hydroxylation is 1. The summed E-state index contributed by atoms with van der Waals surface area (Å²) >= 11 is 0. The molecular weight excluding hydrogens is 426 g/mol. The van der Waals surface area contributed by atoms with Crippen molar-refractivity contribution in [3.8, 4) is 11.4 Å². The molecule has 0 saturated carbocycles. The minimum atomic E-state index is 0.0953. The zero-order valence-electron chi connectivity index (χ0n) is 19.9. The van der Waals surface area contributed by atoms with E-state index in [0.717, 1.165) is 64.2 Å². The van der Waals surface area contributed by atoms with E-state index in [2.05, 4.69) is 60.9 Å². The van der Waals surface area contributed by atoms with Gasteiger partial charge < -0.3 is 10.2 Å². The molecule has 0 atom stereocenters. The number of nitrogens with zero attached hydrogens (tertiary/aromatic N) is 6. The van der Waals surface area contributed by atoms with Gasteiger partial charge in [-0.05, 0) is 36.6 Å². The predicted molar refractivity (Wildman–Crippen MR) is 133 cm³/mol. The molecule has 1 aromatic heterocycles. The van der Waals surface area contributed by atoms with E-state index in [0.29, 0.717) is 25.2 Å². The van der Waals surface area contributed by atoms with Crippen LogP contribution in [0.1, 0.15) is 31.2 Å². The van der Waals surface area contributed by atoms with Crippen LogP contribution >= 0.6 is 0 Å². The molecule has 2 aromatic carbocycles. The summed E-state index contributed by atoms with van der Waals surface area (Å²) in [5.41, 5.74) is 2.33. The lowest BCUT2D eigenvalue weighted by molar-refractivity contribution is -0.121. The molecule has 4 rings (SSSR count). The zero-order valence-corrected chi connectivity index (χ0v) is 19.9. The summed E-state index contributed by atoms with van der Waals surface area (Å²) in [4.78, 5) is 18.8. The first-order chi connectivity index (χ1) is 16.8. The lowest BCUT2D eigenvalue weighted by atomic mass is 10.2. The summed E-state index contributed by atoms with van der Waals surface area (Å²) in [6.07, 6.45) is 3.31. The Balaban J connectivity index is 1.02. The molecule has 0 bridgehead atoms. The molecule has 2 heterocycles. The van der Waals surface area contributed by atoms with Crippen LogP contribution in [-0.2, 0) is 17.9 Å². The molecule has 8 nitrogen and oxygen atoms in total. The van der Waals surface area contributed by atoms with Crippen molar-refractivity contribution in [2.24, 2.45) is 0 Å². The number of hydrogen-bond acceptors (Lipinski definition) is 6. The lowest BCUT2D eigenvalue weighted by Crippen LogP contribution is -2.46. The quantitative estimate of drug-likeness (QED) is 0.418. The highest BCUT2D eigenvalue weighted by atomic mass is 16.1. The lowest BCUT2D eigenvalue weighted by Gasteiger charge is -2.34. The summed E-state index contributed by atoms with van der Waals surface area (Å²) in [5.74, 6) is 0.709. The summed E-state index contributed by atoms with van der Waals surface area (Å²) in [7, 11) is 0. The van der Waals surface area contributed by atoms with Gasteiger partial charge in [-0.15, -0.1) is 10.2 Å². The highest BCUT2D eigenvalue weighted by molar-refractivity contribution is 5.75. The highest BCUT2D eigenvalue weighted by Gasteiger charge is 2.16. The third kappa shape index (κ3) is 7.74. The van der Waals surface area contributed by atoms with Crippen LogP contribution in [0.3, 0.4) is 0 Å². The van der Waals surface area contributed by atoms with Gasteiger partial charge in [0, 0.05) is 51.3 Å². The van der Waals surface area contributed by atoms with Gasteiger partial charge in [-0.25, -0.2) is 0 Å². The van der Waals surface area contributed by atoms with Gasteiger partial charge in [0.15, 0.2) is 0 Å². The second-order valence-electron chi connectivity index (χ2n) is 8.84. The van der Waals surface area contributed by atoms with Crippen LogP contribution in [-0.4, -0.2) is 75.2 Å². The van der Waals surface area contributed by atoms with Crippen molar-refractivity contribution < 1.29 is 4.79 Å². The average Bonchev–Trinajstić information content (AvgIpc) is 3.35. The van der Waals surface area contributed by atoms with Crippen molar-refractivity contribution in [2.75, 3.05) is 39.3 Å².